The number of nitrogens with zero attached hydrogens (tertiary/aromatic N) is 4. The second kappa shape index (κ2) is 6.49. The van der Waals surface area contributed by atoms with Gasteiger partial charge in [-0.05, 0) is 13.0 Å². The van der Waals surface area contributed by atoms with Crippen LogP contribution >= 0.6 is 11.6 Å². The van der Waals surface area contributed by atoms with E-state index in [4.69, 9.17) is 11.6 Å². The van der Waals surface area contributed by atoms with Crippen molar-refractivity contribution in [1.82, 2.24) is 24.9 Å². The number of carbonyl (C=O) groups is 1. The molecule has 6 nitrogen and oxygen atoms in total. The number of halogens is 1. The van der Waals surface area contributed by atoms with E-state index in [0.717, 1.165) is 17.0 Å². The van der Waals surface area contributed by atoms with Gasteiger partial charge in [0.2, 0.25) is 0 Å². The zero-order valence-corrected chi connectivity index (χ0v) is 14.4. The summed E-state index contributed by atoms with van der Waals surface area (Å²) in [5.74, 6) is -0.191. The van der Waals surface area contributed by atoms with Crippen molar-refractivity contribution < 1.29 is 4.79 Å². The fourth-order valence-corrected chi connectivity index (χ4v) is 2.76. The zero-order chi connectivity index (χ0) is 17.3. The van der Waals surface area contributed by atoms with Crippen LogP contribution in [-0.2, 0) is 7.05 Å². The van der Waals surface area contributed by atoms with Crippen LogP contribution in [0.25, 0.3) is 11.3 Å². The third kappa shape index (κ3) is 2.92. The van der Waals surface area contributed by atoms with Gasteiger partial charge in [-0.3, -0.25) is 14.6 Å². The first-order chi connectivity index (χ1) is 11.5. The first-order valence-corrected chi connectivity index (χ1v) is 7.92. The van der Waals surface area contributed by atoms with Crippen molar-refractivity contribution in [3.63, 3.8) is 0 Å². The SMILES string of the molecule is C[C@H](c1cc(-c2ccccc2)n[nH]1)N(C)C(=O)c1c(Cl)cnn1C. The molecule has 1 aromatic carbocycles. The smallest absolute Gasteiger partial charge is 0.273 e. The molecule has 0 saturated carbocycles. The Morgan fingerprint density at radius 2 is 2.04 bits per heavy atom. The quantitative estimate of drug-likeness (QED) is 0.790. The Balaban J connectivity index is 1.83. The molecule has 124 valence electrons. The van der Waals surface area contributed by atoms with E-state index >= 15 is 0 Å². The van der Waals surface area contributed by atoms with Crippen LogP contribution in [0.2, 0.25) is 5.02 Å². The minimum atomic E-state index is -0.191. The van der Waals surface area contributed by atoms with Gasteiger partial charge in [0.25, 0.3) is 5.91 Å². The van der Waals surface area contributed by atoms with E-state index in [-0.39, 0.29) is 11.9 Å². The van der Waals surface area contributed by atoms with E-state index in [1.54, 1.807) is 19.0 Å². The van der Waals surface area contributed by atoms with Crippen molar-refractivity contribution in [1.29, 1.82) is 0 Å². The molecule has 0 unspecified atom stereocenters. The van der Waals surface area contributed by atoms with Crippen LogP contribution in [0.5, 0.6) is 0 Å². The van der Waals surface area contributed by atoms with E-state index in [9.17, 15) is 4.79 Å². The topological polar surface area (TPSA) is 66.8 Å². The minimum absolute atomic E-state index is 0.187. The van der Waals surface area contributed by atoms with Crippen LogP contribution in [0, 0.1) is 0 Å². The highest BCUT2D eigenvalue weighted by molar-refractivity contribution is 6.33. The van der Waals surface area contributed by atoms with Crippen LogP contribution in [0.1, 0.15) is 29.1 Å². The largest absolute Gasteiger partial charge is 0.332 e. The van der Waals surface area contributed by atoms with Crippen LogP contribution in [0.4, 0.5) is 0 Å². The molecule has 2 heterocycles. The summed E-state index contributed by atoms with van der Waals surface area (Å²) in [7, 11) is 3.43. The molecule has 3 rings (SSSR count). The van der Waals surface area contributed by atoms with Crippen molar-refractivity contribution in [2.24, 2.45) is 7.05 Å². The van der Waals surface area contributed by atoms with Crippen molar-refractivity contribution in [2.75, 3.05) is 7.05 Å². The molecule has 1 amide bonds. The number of H-pyrrole nitrogens is 1. The fraction of sp³-hybridized carbons (Fsp3) is 0.235. The molecule has 0 aliphatic rings. The molecule has 0 spiro atoms. The number of aryl methyl sites for hydroxylation is 1. The maximum absolute atomic E-state index is 12.7. The highest BCUT2D eigenvalue weighted by atomic mass is 35.5. The van der Waals surface area contributed by atoms with E-state index in [0.29, 0.717) is 10.7 Å². The predicted octanol–water partition coefficient (Wildman–Crippen LogP) is 3.30. The average Bonchev–Trinajstić information content (AvgIpc) is 3.21. The lowest BCUT2D eigenvalue weighted by atomic mass is 10.1. The lowest BCUT2D eigenvalue weighted by Gasteiger charge is -2.24. The van der Waals surface area contributed by atoms with Gasteiger partial charge in [0.15, 0.2) is 0 Å². The van der Waals surface area contributed by atoms with Crippen molar-refractivity contribution in [2.45, 2.75) is 13.0 Å². The van der Waals surface area contributed by atoms with Gasteiger partial charge in [-0.25, -0.2) is 0 Å². The van der Waals surface area contributed by atoms with Gasteiger partial charge in [0.05, 0.1) is 28.6 Å². The molecular weight excluding hydrogens is 326 g/mol. The highest BCUT2D eigenvalue weighted by Gasteiger charge is 2.25. The summed E-state index contributed by atoms with van der Waals surface area (Å²) in [6.07, 6.45) is 1.47. The van der Waals surface area contributed by atoms with Gasteiger partial charge >= 0.3 is 0 Å². The van der Waals surface area contributed by atoms with E-state index in [1.807, 2.05) is 43.3 Å². The van der Waals surface area contributed by atoms with Crippen molar-refractivity contribution in [3.05, 3.63) is 59.0 Å². The summed E-state index contributed by atoms with van der Waals surface area (Å²) < 4.78 is 1.48. The van der Waals surface area contributed by atoms with Gasteiger partial charge in [-0.1, -0.05) is 41.9 Å². The Morgan fingerprint density at radius 3 is 2.67 bits per heavy atom. The van der Waals surface area contributed by atoms with Crippen molar-refractivity contribution >= 4 is 17.5 Å². The van der Waals surface area contributed by atoms with Crippen molar-refractivity contribution in [3.8, 4) is 11.3 Å². The fourth-order valence-electron chi connectivity index (χ4n) is 2.51. The minimum Gasteiger partial charge on any atom is -0.332 e. The normalized spacial score (nSPS) is 12.2. The predicted molar refractivity (Wildman–Crippen MR) is 92.8 cm³/mol. The monoisotopic (exact) mass is 343 g/mol. The number of aromatic nitrogens is 4. The van der Waals surface area contributed by atoms with E-state index < -0.39 is 0 Å². The van der Waals surface area contributed by atoms with Gasteiger partial charge in [0, 0.05) is 19.7 Å². The maximum atomic E-state index is 12.7. The average molecular weight is 344 g/mol. The summed E-state index contributed by atoms with van der Waals surface area (Å²) in [4.78, 5) is 14.3. The summed E-state index contributed by atoms with van der Waals surface area (Å²) in [5, 5.41) is 11.7. The van der Waals surface area contributed by atoms with Gasteiger partial charge in [-0.2, -0.15) is 10.2 Å². The Bertz CT molecular complexity index is 836. The Morgan fingerprint density at radius 1 is 1.33 bits per heavy atom. The molecular formula is C17H18ClN5O. The van der Waals surface area contributed by atoms with E-state index in [2.05, 4.69) is 15.3 Å². The first-order valence-electron chi connectivity index (χ1n) is 7.54. The second-order valence-electron chi connectivity index (χ2n) is 5.63. The first kappa shape index (κ1) is 16.3. The molecule has 1 N–H and O–H groups in total. The maximum Gasteiger partial charge on any atom is 0.273 e. The number of aromatic amines is 1. The highest BCUT2D eigenvalue weighted by Crippen LogP contribution is 2.25. The molecule has 0 aliphatic heterocycles. The van der Waals surface area contributed by atoms with E-state index in [1.165, 1.54) is 10.9 Å². The number of carbonyl (C=O) groups excluding carboxylic acids is 1. The summed E-state index contributed by atoms with van der Waals surface area (Å²) in [5.41, 5.74) is 3.09. The molecule has 7 heteroatoms. The third-order valence-corrected chi connectivity index (χ3v) is 4.39. The standard InChI is InChI=1S/C17H18ClN5O/c1-11(22(2)17(24)16-13(18)10-19-23(16)3)14-9-15(21-20-14)12-7-5-4-6-8-12/h4-11H,1-3H3,(H,20,21)/t11-/m1/s1. The van der Waals surface area contributed by atoms with Gasteiger partial charge in [0.1, 0.15) is 5.69 Å². The molecule has 0 bridgehead atoms. The molecule has 24 heavy (non-hydrogen) atoms. The molecule has 0 saturated heterocycles. The Labute approximate surface area is 145 Å². The van der Waals surface area contributed by atoms with Crippen LogP contribution in [0.15, 0.2) is 42.6 Å². The molecule has 0 fully saturated rings. The Kier molecular flexibility index (Phi) is 4.40. The summed E-state index contributed by atoms with van der Waals surface area (Å²) in [6.45, 7) is 1.93. The van der Waals surface area contributed by atoms with Crippen LogP contribution in [-0.4, -0.2) is 37.8 Å². The van der Waals surface area contributed by atoms with Crippen LogP contribution < -0.4 is 0 Å². The summed E-state index contributed by atoms with van der Waals surface area (Å²) >= 11 is 6.07. The molecule has 2 aromatic heterocycles. The number of amides is 1. The number of rotatable bonds is 4. The molecule has 0 radical (unpaired) electrons. The molecule has 1 atom stereocenters. The van der Waals surface area contributed by atoms with Gasteiger partial charge in [-0.15, -0.1) is 0 Å². The third-order valence-electron chi connectivity index (χ3n) is 4.12. The second-order valence-corrected chi connectivity index (χ2v) is 6.04. The number of nitrogens with one attached hydrogen (secondary N) is 1. The number of hydrogen-bond donors (Lipinski definition) is 1. The number of benzene rings is 1. The lowest BCUT2D eigenvalue weighted by molar-refractivity contribution is 0.0729. The molecule has 0 aliphatic carbocycles. The van der Waals surface area contributed by atoms with Gasteiger partial charge < -0.3 is 4.90 Å². The van der Waals surface area contributed by atoms with Crippen LogP contribution in [0.3, 0.4) is 0 Å². The summed E-state index contributed by atoms with van der Waals surface area (Å²) in [6, 6.07) is 11.6. The lowest BCUT2D eigenvalue weighted by Crippen LogP contribution is -2.31. The zero-order valence-electron chi connectivity index (χ0n) is 13.7. The number of hydrogen-bond acceptors (Lipinski definition) is 3. The Hall–Kier alpha value is -2.60. The molecule has 3 aromatic rings.